The molecule has 1 saturated heterocycles. The van der Waals surface area contributed by atoms with Crippen molar-refractivity contribution in [1.82, 2.24) is 20.0 Å². The van der Waals surface area contributed by atoms with E-state index in [1.165, 1.54) is 25.9 Å². The van der Waals surface area contributed by atoms with Gasteiger partial charge in [0.2, 0.25) is 0 Å². The Morgan fingerprint density at radius 2 is 2.00 bits per heavy atom. The zero-order valence-corrected chi connectivity index (χ0v) is 13.7. The van der Waals surface area contributed by atoms with Gasteiger partial charge in [-0.15, -0.1) is 0 Å². The molecule has 0 spiro atoms. The highest BCUT2D eigenvalue weighted by atomic mass is 35.5. The Morgan fingerprint density at radius 1 is 1.30 bits per heavy atom. The topological polar surface area (TPSA) is 33.1 Å². The van der Waals surface area contributed by atoms with Crippen molar-refractivity contribution in [2.24, 2.45) is 0 Å². The first-order valence-electron chi connectivity index (χ1n) is 7.86. The van der Waals surface area contributed by atoms with E-state index in [1.807, 2.05) is 4.68 Å². The summed E-state index contributed by atoms with van der Waals surface area (Å²) in [6.07, 6.45) is 3.58. The van der Waals surface area contributed by atoms with E-state index in [9.17, 15) is 0 Å². The van der Waals surface area contributed by atoms with Crippen molar-refractivity contribution in [3.05, 3.63) is 16.4 Å². The molecule has 1 fully saturated rings. The second-order valence-electron chi connectivity index (χ2n) is 5.60. The Morgan fingerprint density at radius 3 is 2.60 bits per heavy atom. The second-order valence-corrected chi connectivity index (χ2v) is 5.98. The lowest BCUT2D eigenvalue weighted by molar-refractivity contribution is 0.251. The Labute approximate surface area is 127 Å². The van der Waals surface area contributed by atoms with E-state index in [-0.39, 0.29) is 0 Å². The molecule has 0 radical (unpaired) electrons. The molecular weight excluding hydrogens is 272 g/mol. The lowest BCUT2D eigenvalue weighted by Gasteiger charge is -2.24. The monoisotopic (exact) mass is 298 g/mol. The first-order valence-corrected chi connectivity index (χ1v) is 8.24. The van der Waals surface area contributed by atoms with Crippen molar-refractivity contribution >= 4 is 11.6 Å². The number of nitrogens with one attached hydrogen (secondary N) is 1. The van der Waals surface area contributed by atoms with Gasteiger partial charge in [-0.05, 0) is 46.2 Å². The SMILES string of the molecule is CCc1nn(CC)c(CNCC(C)N2CCCC2)c1Cl. The predicted molar refractivity (Wildman–Crippen MR) is 84.3 cm³/mol. The number of aryl methyl sites for hydroxylation is 2. The van der Waals surface area contributed by atoms with Crippen molar-refractivity contribution in [2.45, 2.75) is 59.2 Å². The van der Waals surface area contributed by atoms with Crippen LogP contribution in [0.5, 0.6) is 0 Å². The molecule has 1 aliphatic rings. The van der Waals surface area contributed by atoms with Crippen LogP contribution in [0.1, 0.15) is 45.0 Å². The van der Waals surface area contributed by atoms with Crippen molar-refractivity contribution in [3.63, 3.8) is 0 Å². The Kier molecular flexibility index (Phi) is 5.87. The van der Waals surface area contributed by atoms with Crippen LogP contribution in [0, 0.1) is 0 Å². The maximum absolute atomic E-state index is 6.42. The third-order valence-corrected chi connectivity index (χ3v) is 4.63. The quantitative estimate of drug-likeness (QED) is 0.840. The minimum absolute atomic E-state index is 0.597. The van der Waals surface area contributed by atoms with Crippen LogP contribution in [0.4, 0.5) is 0 Å². The lowest BCUT2D eigenvalue weighted by Crippen LogP contribution is -2.38. The number of halogens is 1. The van der Waals surface area contributed by atoms with Crippen LogP contribution < -0.4 is 5.32 Å². The third-order valence-electron chi connectivity index (χ3n) is 4.19. The van der Waals surface area contributed by atoms with Gasteiger partial charge in [-0.2, -0.15) is 5.10 Å². The van der Waals surface area contributed by atoms with Gasteiger partial charge in [-0.1, -0.05) is 18.5 Å². The van der Waals surface area contributed by atoms with E-state index in [2.05, 4.69) is 36.1 Å². The zero-order chi connectivity index (χ0) is 14.5. The summed E-state index contributed by atoms with van der Waals surface area (Å²) < 4.78 is 2.02. The molecule has 1 N–H and O–H groups in total. The van der Waals surface area contributed by atoms with Crippen LogP contribution in [-0.2, 0) is 19.5 Å². The number of hydrogen-bond donors (Lipinski definition) is 1. The fraction of sp³-hybridized carbons (Fsp3) is 0.800. The maximum atomic E-state index is 6.42. The van der Waals surface area contributed by atoms with Crippen LogP contribution in [-0.4, -0.2) is 40.4 Å². The summed E-state index contributed by atoms with van der Waals surface area (Å²) in [5.41, 5.74) is 2.14. The molecule has 1 aromatic rings. The molecule has 0 bridgehead atoms. The van der Waals surface area contributed by atoms with Gasteiger partial charge in [-0.25, -0.2) is 0 Å². The largest absolute Gasteiger partial charge is 0.310 e. The number of nitrogens with zero attached hydrogens (tertiary/aromatic N) is 3. The average molecular weight is 299 g/mol. The molecule has 0 saturated carbocycles. The fourth-order valence-electron chi connectivity index (χ4n) is 2.90. The summed E-state index contributed by atoms with van der Waals surface area (Å²) in [6, 6.07) is 0.597. The van der Waals surface area contributed by atoms with Gasteiger partial charge in [0.1, 0.15) is 0 Å². The first-order chi connectivity index (χ1) is 9.67. The van der Waals surface area contributed by atoms with Gasteiger partial charge in [0, 0.05) is 25.7 Å². The number of aromatic nitrogens is 2. The molecule has 1 atom stereocenters. The minimum Gasteiger partial charge on any atom is -0.310 e. The Hall–Kier alpha value is -0.580. The molecule has 0 aliphatic carbocycles. The molecule has 114 valence electrons. The van der Waals surface area contributed by atoms with Crippen LogP contribution in [0.25, 0.3) is 0 Å². The van der Waals surface area contributed by atoms with Crippen LogP contribution in [0.15, 0.2) is 0 Å². The molecule has 1 aliphatic heterocycles. The second kappa shape index (κ2) is 7.43. The van der Waals surface area contributed by atoms with Crippen molar-refractivity contribution < 1.29 is 0 Å². The van der Waals surface area contributed by atoms with Gasteiger partial charge in [0.25, 0.3) is 0 Å². The highest BCUT2D eigenvalue weighted by Gasteiger charge is 2.18. The summed E-state index contributed by atoms with van der Waals surface area (Å²) in [5.74, 6) is 0. The highest BCUT2D eigenvalue weighted by molar-refractivity contribution is 6.31. The molecular formula is C15H27ClN4. The molecule has 20 heavy (non-hydrogen) atoms. The van der Waals surface area contributed by atoms with E-state index in [0.29, 0.717) is 6.04 Å². The lowest BCUT2D eigenvalue weighted by atomic mass is 10.2. The number of hydrogen-bond acceptors (Lipinski definition) is 3. The highest BCUT2D eigenvalue weighted by Crippen LogP contribution is 2.21. The Balaban J connectivity index is 1.88. The predicted octanol–water partition coefficient (Wildman–Crippen LogP) is 2.69. The normalized spacial score (nSPS) is 17.8. The summed E-state index contributed by atoms with van der Waals surface area (Å²) in [7, 11) is 0. The molecule has 2 heterocycles. The van der Waals surface area contributed by atoms with Crippen molar-refractivity contribution in [2.75, 3.05) is 19.6 Å². The first kappa shape index (κ1) is 15.8. The van der Waals surface area contributed by atoms with Gasteiger partial charge < -0.3 is 5.32 Å². The minimum atomic E-state index is 0.597. The van der Waals surface area contributed by atoms with E-state index in [1.54, 1.807) is 0 Å². The molecule has 2 rings (SSSR count). The molecule has 0 amide bonds. The molecule has 0 aromatic carbocycles. The molecule has 5 heteroatoms. The van der Waals surface area contributed by atoms with Crippen molar-refractivity contribution in [1.29, 1.82) is 0 Å². The van der Waals surface area contributed by atoms with Gasteiger partial charge in [0.05, 0.1) is 16.4 Å². The van der Waals surface area contributed by atoms with Crippen LogP contribution in [0.2, 0.25) is 5.02 Å². The summed E-state index contributed by atoms with van der Waals surface area (Å²) in [6.45, 7) is 11.7. The Bertz CT molecular complexity index is 424. The number of rotatable bonds is 7. The summed E-state index contributed by atoms with van der Waals surface area (Å²) in [5, 5.41) is 8.94. The van der Waals surface area contributed by atoms with Crippen LogP contribution >= 0.6 is 11.6 Å². The zero-order valence-electron chi connectivity index (χ0n) is 13.0. The smallest absolute Gasteiger partial charge is 0.0863 e. The molecule has 1 aromatic heterocycles. The molecule has 1 unspecified atom stereocenters. The van der Waals surface area contributed by atoms with Gasteiger partial charge in [0.15, 0.2) is 0 Å². The third kappa shape index (κ3) is 3.54. The summed E-state index contributed by atoms with van der Waals surface area (Å²) in [4.78, 5) is 2.56. The standard InChI is InChI=1S/C15H27ClN4/c1-4-13-15(16)14(20(5-2)18-13)11-17-10-12(3)19-8-6-7-9-19/h12,17H,4-11H2,1-3H3. The van der Waals surface area contributed by atoms with E-state index < -0.39 is 0 Å². The van der Waals surface area contributed by atoms with E-state index in [0.717, 1.165) is 42.5 Å². The number of likely N-dealkylation sites (tertiary alicyclic amines) is 1. The average Bonchev–Trinajstić information content (AvgIpc) is 3.08. The maximum Gasteiger partial charge on any atom is 0.0863 e. The fourth-order valence-corrected chi connectivity index (χ4v) is 3.23. The van der Waals surface area contributed by atoms with Crippen LogP contribution in [0.3, 0.4) is 0 Å². The van der Waals surface area contributed by atoms with Gasteiger partial charge in [-0.3, -0.25) is 9.58 Å². The van der Waals surface area contributed by atoms with E-state index in [4.69, 9.17) is 11.6 Å². The van der Waals surface area contributed by atoms with Gasteiger partial charge >= 0.3 is 0 Å². The molecule has 4 nitrogen and oxygen atoms in total. The van der Waals surface area contributed by atoms with E-state index >= 15 is 0 Å². The van der Waals surface area contributed by atoms with Crippen molar-refractivity contribution in [3.8, 4) is 0 Å². The summed E-state index contributed by atoms with van der Waals surface area (Å²) >= 11 is 6.42.